The third kappa shape index (κ3) is 4.19. The van der Waals surface area contributed by atoms with Crippen molar-refractivity contribution < 1.29 is 4.79 Å². The third-order valence-electron chi connectivity index (χ3n) is 5.04. The lowest BCUT2D eigenvalue weighted by atomic mass is 10.0. The Morgan fingerprint density at radius 2 is 1.70 bits per heavy atom. The number of nitrogens with zero attached hydrogens (tertiary/aromatic N) is 2. The summed E-state index contributed by atoms with van der Waals surface area (Å²) >= 11 is 0. The van der Waals surface area contributed by atoms with Gasteiger partial charge in [-0.2, -0.15) is 0 Å². The molecule has 1 aliphatic carbocycles. The molecule has 4 nitrogen and oxygen atoms in total. The monoisotopic (exact) mass is 281 g/mol. The van der Waals surface area contributed by atoms with Crippen molar-refractivity contribution in [3.63, 3.8) is 0 Å². The fourth-order valence-electron chi connectivity index (χ4n) is 3.69. The molecule has 2 fully saturated rings. The highest BCUT2D eigenvalue weighted by molar-refractivity contribution is 5.78. The highest BCUT2D eigenvalue weighted by Crippen LogP contribution is 2.18. The second-order valence-electron chi connectivity index (χ2n) is 6.20. The molecular weight excluding hydrogens is 250 g/mol. The number of carbonyl (C=O) groups excluding carboxylic acids is 1. The normalized spacial score (nSPS) is 21.9. The van der Waals surface area contributed by atoms with Gasteiger partial charge >= 0.3 is 0 Å². The van der Waals surface area contributed by atoms with Gasteiger partial charge in [-0.25, -0.2) is 0 Å². The number of rotatable bonds is 6. The number of likely N-dealkylation sites (tertiary alicyclic amines) is 1. The van der Waals surface area contributed by atoms with Crippen LogP contribution in [0, 0.1) is 0 Å². The fraction of sp³-hybridized carbons (Fsp3) is 0.938. The summed E-state index contributed by atoms with van der Waals surface area (Å²) in [6.45, 7) is 9.12. The van der Waals surface area contributed by atoms with Crippen LogP contribution < -0.4 is 5.32 Å². The van der Waals surface area contributed by atoms with Gasteiger partial charge in [-0.15, -0.1) is 0 Å². The molecule has 0 unspecified atom stereocenters. The van der Waals surface area contributed by atoms with Gasteiger partial charge in [-0.3, -0.25) is 4.79 Å². The summed E-state index contributed by atoms with van der Waals surface area (Å²) in [4.78, 5) is 16.8. The first-order valence-electron chi connectivity index (χ1n) is 8.49. The number of nitrogens with one attached hydrogen (secondary N) is 1. The maximum atomic E-state index is 12.2. The predicted octanol–water partition coefficient (Wildman–Crippen LogP) is 1.85. The van der Waals surface area contributed by atoms with Crippen molar-refractivity contribution >= 4 is 5.91 Å². The summed E-state index contributed by atoms with van der Waals surface area (Å²) in [6.07, 6.45) is 7.41. The van der Waals surface area contributed by atoms with Crippen molar-refractivity contribution in [2.24, 2.45) is 0 Å². The van der Waals surface area contributed by atoms with E-state index in [9.17, 15) is 4.79 Å². The minimum absolute atomic E-state index is 0.301. The Hall–Kier alpha value is -0.610. The van der Waals surface area contributed by atoms with Crippen LogP contribution in [0.1, 0.15) is 52.4 Å². The Morgan fingerprint density at radius 1 is 1.10 bits per heavy atom. The Morgan fingerprint density at radius 3 is 2.25 bits per heavy atom. The van der Waals surface area contributed by atoms with Crippen LogP contribution in [0.25, 0.3) is 0 Å². The van der Waals surface area contributed by atoms with Gasteiger partial charge in [0.15, 0.2) is 0 Å². The van der Waals surface area contributed by atoms with Crippen molar-refractivity contribution in [3.05, 3.63) is 0 Å². The zero-order chi connectivity index (χ0) is 14.4. The van der Waals surface area contributed by atoms with Gasteiger partial charge < -0.3 is 15.1 Å². The molecule has 0 aromatic carbocycles. The van der Waals surface area contributed by atoms with E-state index < -0.39 is 0 Å². The molecule has 1 saturated heterocycles. The summed E-state index contributed by atoms with van der Waals surface area (Å²) in [7, 11) is 0. The first-order valence-corrected chi connectivity index (χ1v) is 8.49. The maximum absolute atomic E-state index is 12.2. The highest BCUT2D eigenvalue weighted by Gasteiger charge is 2.25. The van der Waals surface area contributed by atoms with Gasteiger partial charge in [0, 0.05) is 25.2 Å². The molecule has 1 aliphatic heterocycles. The number of piperidine rings is 1. The van der Waals surface area contributed by atoms with E-state index in [1.165, 1.54) is 25.7 Å². The second kappa shape index (κ2) is 7.99. The van der Waals surface area contributed by atoms with Gasteiger partial charge in [0.05, 0.1) is 6.54 Å². The van der Waals surface area contributed by atoms with Crippen LogP contribution in [0.4, 0.5) is 0 Å². The molecule has 1 N–H and O–H groups in total. The molecule has 4 heteroatoms. The Bertz CT molecular complexity index is 290. The number of amides is 1. The first kappa shape index (κ1) is 15.8. The van der Waals surface area contributed by atoms with Crippen molar-refractivity contribution in [3.8, 4) is 0 Å². The van der Waals surface area contributed by atoms with Crippen molar-refractivity contribution in [2.75, 3.05) is 32.7 Å². The van der Waals surface area contributed by atoms with Crippen LogP contribution in [0.3, 0.4) is 0 Å². The van der Waals surface area contributed by atoms with E-state index >= 15 is 0 Å². The number of hydrogen-bond donors (Lipinski definition) is 1. The summed E-state index contributed by atoms with van der Waals surface area (Å²) in [5.74, 6) is 0.301. The molecule has 0 spiro atoms. The zero-order valence-electron chi connectivity index (χ0n) is 13.2. The smallest absolute Gasteiger partial charge is 0.236 e. The van der Waals surface area contributed by atoms with E-state index in [1.54, 1.807) is 0 Å². The van der Waals surface area contributed by atoms with Crippen LogP contribution >= 0.6 is 0 Å². The van der Waals surface area contributed by atoms with Crippen LogP contribution in [-0.4, -0.2) is 60.5 Å². The fourth-order valence-corrected chi connectivity index (χ4v) is 3.69. The lowest BCUT2D eigenvalue weighted by molar-refractivity contribution is -0.131. The second-order valence-corrected chi connectivity index (χ2v) is 6.20. The Labute approximate surface area is 123 Å². The topological polar surface area (TPSA) is 35.6 Å². The SMILES string of the molecule is CCN(CC)C1CCN(C(=O)CNC2CCCC2)CC1. The van der Waals surface area contributed by atoms with Crippen molar-refractivity contribution in [1.82, 2.24) is 15.1 Å². The van der Waals surface area contributed by atoms with Gasteiger partial charge in [0.25, 0.3) is 0 Å². The lowest BCUT2D eigenvalue weighted by Crippen LogP contribution is -2.49. The third-order valence-corrected chi connectivity index (χ3v) is 5.04. The van der Waals surface area contributed by atoms with Gasteiger partial charge in [-0.1, -0.05) is 26.7 Å². The standard InChI is InChI=1S/C16H31N3O/c1-3-18(4-2)15-9-11-19(12-10-15)16(20)13-17-14-7-5-6-8-14/h14-15,17H,3-13H2,1-2H3. The summed E-state index contributed by atoms with van der Waals surface area (Å²) in [5.41, 5.74) is 0. The van der Waals surface area contributed by atoms with Crippen LogP contribution in [0.15, 0.2) is 0 Å². The average Bonchev–Trinajstić information content (AvgIpc) is 3.00. The van der Waals surface area contributed by atoms with Crippen LogP contribution in [0.5, 0.6) is 0 Å². The molecule has 0 aromatic heterocycles. The maximum Gasteiger partial charge on any atom is 0.236 e. The quantitative estimate of drug-likeness (QED) is 0.807. The molecule has 1 heterocycles. The zero-order valence-corrected chi connectivity index (χ0v) is 13.2. The molecule has 1 amide bonds. The lowest BCUT2D eigenvalue weighted by Gasteiger charge is -2.37. The molecule has 2 rings (SSSR count). The molecule has 0 radical (unpaired) electrons. The molecule has 116 valence electrons. The van der Waals surface area contributed by atoms with Gasteiger partial charge in [0.2, 0.25) is 5.91 Å². The molecule has 20 heavy (non-hydrogen) atoms. The van der Waals surface area contributed by atoms with E-state index in [2.05, 4.69) is 29.0 Å². The highest BCUT2D eigenvalue weighted by atomic mass is 16.2. The van der Waals surface area contributed by atoms with Crippen molar-refractivity contribution in [1.29, 1.82) is 0 Å². The first-order chi connectivity index (χ1) is 9.74. The van der Waals surface area contributed by atoms with Gasteiger partial charge in [-0.05, 0) is 38.8 Å². The molecule has 0 bridgehead atoms. The van der Waals surface area contributed by atoms with E-state index in [1.807, 2.05) is 0 Å². The van der Waals surface area contributed by atoms with Crippen LogP contribution in [-0.2, 0) is 4.79 Å². The summed E-state index contributed by atoms with van der Waals surface area (Å²) in [5, 5.41) is 3.43. The molecule has 0 aromatic rings. The van der Waals surface area contributed by atoms with E-state index in [0.29, 0.717) is 24.5 Å². The molecular formula is C16H31N3O. The predicted molar refractivity (Wildman–Crippen MR) is 82.8 cm³/mol. The minimum Gasteiger partial charge on any atom is -0.341 e. The summed E-state index contributed by atoms with van der Waals surface area (Å²) in [6, 6.07) is 1.27. The number of carbonyl (C=O) groups is 1. The largest absolute Gasteiger partial charge is 0.341 e. The van der Waals surface area contributed by atoms with E-state index in [-0.39, 0.29) is 0 Å². The average molecular weight is 281 g/mol. The minimum atomic E-state index is 0.301. The van der Waals surface area contributed by atoms with Gasteiger partial charge in [0.1, 0.15) is 0 Å². The Balaban J connectivity index is 1.68. The number of hydrogen-bond acceptors (Lipinski definition) is 3. The molecule has 1 saturated carbocycles. The van der Waals surface area contributed by atoms with E-state index in [4.69, 9.17) is 0 Å². The molecule has 2 aliphatic rings. The summed E-state index contributed by atoms with van der Waals surface area (Å²) < 4.78 is 0. The Kier molecular flexibility index (Phi) is 6.30. The van der Waals surface area contributed by atoms with Crippen molar-refractivity contribution in [2.45, 2.75) is 64.5 Å². The van der Waals surface area contributed by atoms with E-state index in [0.717, 1.165) is 39.0 Å². The van der Waals surface area contributed by atoms with Crippen LogP contribution in [0.2, 0.25) is 0 Å². The molecule has 0 atom stereocenters.